The van der Waals surface area contributed by atoms with Gasteiger partial charge in [0.25, 0.3) is 5.91 Å². The molecule has 1 aliphatic heterocycles. The molecule has 0 bridgehead atoms. The van der Waals surface area contributed by atoms with Gasteiger partial charge in [-0.1, -0.05) is 19.0 Å². The standard InChI is InChI=1S/C13H21N3O2.ClH/c1-9-7-10(18-16-9)12(17)15-8-11-13(2,3)5-4-6-14-11;/h7,11,14H,4-6,8H2,1-3H3,(H,15,17);1H. The minimum atomic E-state index is -0.196. The second-order valence-corrected chi connectivity index (χ2v) is 5.64. The summed E-state index contributed by atoms with van der Waals surface area (Å²) in [5.74, 6) is 0.0832. The lowest BCUT2D eigenvalue weighted by Crippen LogP contribution is -2.52. The average molecular weight is 288 g/mol. The minimum absolute atomic E-state index is 0. The van der Waals surface area contributed by atoms with Crippen LogP contribution in [0.4, 0.5) is 0 Å². The number of piperidine rings is 1. The summed E-state index contributed by atoms with van der Waals surface area (Å²) < 4.78 is 4.94. The number of hydrogen-bond donors (Lipinski definition) is 2. The quantitative estimate of drug-likeness (QED) is 0.891. The number of amides is 1. The van der Waals surface area contributed by atoms with Crippen LogP contribution in [0.15, 0.2) is 10.6 Å². The third-order valence-electron chi connectivity index (χ3n) is 3.65. The van der Waals surface area contributed by atoms with Gasteiger partial charge in [0, 0.05) is 18.7 Å². The van der Waals surface area contributed by atoms with E-state index in [1.807, 2.05) is 0 Å². The molecule has 1 amide bonds. The molecule has 0 saturated carbocycles. The molecule has 2 rings (SSSR count). The molecule has 1 unspecified atom stereocenters. The van der Waals surface area contributed by atoms with Gasteiger partial charge in [-0.2, -0.15) is 0 Å². The molecule has 19 heavy (non-hydrogen) atoms. The van der Waals surface area contributed by atoms with Gasteiger partial charge in [0.05, 0.1) is 5.69 Å². The van der Waals surface area contributed by atoms with E-state index in [-0.39, 0.29) is 29.5 Å². The summed E-state index contributed by atoms with van der Waals surface area (Å²) in [6.45, 7) is 7.90. The molecule has 1 aromatic heterocycles. The van der Waals surface area contributed by atoms with Gasteiger partial charge in [0.15, 0.2) is 0 Å². The van der Waals surface area contributed by atoms with Gasteiger partial charge in [0.1, 0.15) is 0 Å². The van der Waals surface area contributed by atoms with Crippen LogP contribution in [0.5, 0.6) is 0 Å². The van der Waals surface area contributed by atoms with Crippen molar-refractivity contribution >= 4 is 18.3 Å². The van der Waals surface area contributed by atoms with E-state index in [0.717, 1.165) is 12.2 Å². The maximum absolute atomic E-state index is 11.8. The van der Waals surface area contributed by atoms with Crippen molar-refractivity contribution < 1.29 is 9.32 Å². The van der Waals surface area contributed by atoms with Crippen molar-refractivity contribution in [1.29, 1.82) is 0 Å². The van der Waals surface area contributed by atoms with Crippen LogP contribution in [-0.2, 0) is 0 Å². The van der Waals surface area contributed by atoms with Crippen LogP contribution in [0.1, 0.15) is 42.9 Å². The van der Waals surface area contributed by atoms with Gasteiger partial charge < -0.3 is 15.2 Å². The van der Waals surface area contributed by atoms with Gasteiger partial charge in [0.2, 0.25) is 5.76 Å². The van der Waals surface area contributed by atoms with Crippen molar-refractivity contribution in [3.63, 3.8) is 0 Å². The fourth-order valence-corrected chi connectivity index (χ4v) is 2.37. The summed E-state index contributed by atoms with van der Waals surface area (Å²) in [5.41, 5.74) is 0.930. The van der Waals surface area contributed by atoms with Gasteiger partial charge in [-0.25, -0.2) is 0 Å². The summed E-state index contributed by atoms with van der Waals surface area (Å²) in [4.78, 5) is 11.8. The molecule has 0 radical (unpaired) electrons. The Hall–Kier alpha value is -1.07. The van der Waals surface area contributed by atoms with Crippen LogP contribution in [0.2, 0.25) is 0 Å². The molecule has 1 fully saturated rings. The third-order valence-corrected chi connectivity index (χ3v) is 3.65. The lowest BCUT2D eigenvalue weighted by molar-refractivity contribution is 0.0892. The van der Waals surface area contributed by atoms with Gasteiger partial charge in [-0.3, -0.25) is 4.79 Å². The Bertz CT molecular complexity index is 431. The highest BCUT2D eigenvalue weighted by Gasteiger charge is 2.32. The van der Waals surface area contributed by atoms with Crippen LogP contribution in [-0.4, -0.2) is 30.2 Å². The molecule has 1 saturated heterocycles. The predicted octanol–water partition coefficient (Wildman–Crippen LogP) is 1.91. The number of hydrogen-bond acceptors (Lipinski definition) is 4. The van der Waals surface area contributed by atoms with E-state index in [2.05, 4.69) is 29.6 Å². The van der Waals surface area contributed by atoms with Crippen molar-refractivity contribution in [3.05, 3.63) is 17.5 Å². The first-order chi connectivity index (χ1) is 8.49. The Morgan fingerprint density at radius 1 is 1.63 bits per heavy atom. The highest BCUT2D eigenvalue weighted by Crippen LogP contribution is 2.29. The summed E-state index contributed by atoms with van der Waals surface area (Å²) in [6.07, 6.45) is 2.38. The molecular formula is C13H22ClN3O2. The monoisotopic (exact) mass is 287 g/mol. The number of carbonyl (C=O) groups excluding carboxylic acids is 1. The largest absolute Gasteiger partial charge is 0.351 e. The Labute approximate surface area is 119 Å². The fraction of sp³-hybridized carbons (Fsp3) is 0.692. The zero-order valence-corrected chi connectivity index (χ0v) is 12.5. The Kier molecular flexibility index (Phi) is 5.38. The molecule has 5 nitrogen and oxygen atoms in total. The van der Waals surface area contributed by atoms with E-state index >= 15 is 0 Å². The molecule has 108 valence electrons. The third kappa shape index (κ3) is 3.94. The molecule has 0 aliphatic carbocycles. The van der Waals surface area contributed by atoms with E-state index < -0.39 is 0 Å². The molecule has 1 aromatic rings. The van der Waals surface area contributed by atoms with Crippen molar-refractivity contribution in [2.45, 2.75) is 39.7 Å². The molecule has 6 heteroatoms. The Morgan fingerprint density at radius 3 is 2.95 bits per heavy atom. The Balaban J connectivity index is 0.00000180. The number of aromatic nitrogens is 1. The highest BCUT2D eigenvalue weighted by molar-refractivity contribution is 5.91. The first-order valence-electron chi connectivity index (χ1n) is 6.44. The van der Waals surface area contributed by atoms with E-state index in [1.165, 1.54) is 12.8 Å². The summed E-state index contributed by atoms with van der Waals surface area (Å²) in [7, 11) is 0. The van der Waals surface area contributed by atoms with Gasteiger partial charge in [-0.15, -0.1) is 12.4 Å². The van der Waals surface area contributed by atoms with Crippen LogP contribution in [0.25, 0.3) is 0 Å². The molecule has 1 aliphatic rings. The van der Waals surface area contributed by atoms with Crippen molar-refractivity contribution in [1.82, 2.24) is 15.8 Å². The first-order valence-corrected chi connectivity index (χ1v) is 6.44. The molecule has 1 atom stereocenters. The summed E-state index contributed by atoms with van der Waals surface area (Å²) in [5, 5.41) is 10.1. The second kappa shape index (κ2) is 6.39. The zero-order valence-electron chi connectivity index (χ0n) is 11.7. The Morgan fingerprint density at radius 2 is 2.37 bits per heavy atom. The van der Waals surface area contributed by atoms with E-state index in [1.54, 1.807) is 13.0 Å². The molecule has 0 spiro atoms. The van der Waals surface area contributed by atoms with Gasteiger partial charge in [-0.05, 0) is 31.7 Å². The molecule has 2 heterocycles. The number of aryl methyl sites for hydroxylation is 1. The number of halogens is 1. The first kappa shape index (κ1) is 16.0. The van der Waals surface area contributed by atoms with E-state index in [9.17, 15) is 4.79 Å². The maximum Gasteiger partial charge on any atom is 0.289 e. The van der Waals surface area contributed by atoms with Crippen LogP contribution < -0.4 is 10.6 Å². The van der Waals surface area contributed by atoms with Crippen LogP contribution >= 0.6 is 12.4 Å². The number of carbonyl (C=O) groups is 1. The average Bonchev–Trinajstić information content (AvgIpc) is 2.73. The van der Waals surface area contributed by atoms with Crippen LogP contribution in [0.3, 0.4) is 0 Å². The molecule has 0 aromatic carbocycles. The number of nitrogens with zero attached hydrogens (tertiary/aromatic N) is 1. The summed E-state index contributed by atoms with van der Waals surface area (Å²) >= 11 is 0. The fourth-order valence-electron chi connectivity index (χ4n) is 2.37. The van der Waals surface area contributed by atoms with E-state index in [0.29, 0.717) is 12.6 Å². The summed E-state index contributed by atoms with van der Waals surface area (Å²) in [6, 6.07) is 1.95. The SMILES string of the molecule is Cc1cc(C(=O)NCC2NCCCC2(C)C)on1.Cl. The van der Waals surface area contributed by atoms with Gasteiger partial charge >= 0.3 is 0 Å². The highest BCUT2D eigenvalue weighted by atomic mass is 35.5. The lowest BCUT2D eigenvalue weighted by atomic mass is 9.77. The van der Waals surface area contributed by atoms with Crippen molar-refractivity contribution in [2.75, 3.05) is 13.1 Å². The normalized spacial score (nSPS) is 21.5. The molecular weight excluding hydrogens is 266 g/mol. The predicted molar refractivity (Wildman–Crippen MR) is 75.6 cm³/mol. The lowest BCUT2D eigenvalue weighted by Gasteiger charge is -2.39. The topological polar surface area (TPSA) is 67.2 Å². The van der Waals surface area contributed by atoms with Crippen LogP contribution in [0, 0.1) is 12.3 Å². The smallest absolute Gasteiger partial charge is 0.289 e. The number of rotatable bonds is 3. The molecule has 2 N–H and O–H groups in total. The number of nitrogens with one attached hydrogen (secondary N) is 2. The maximum atomic E-state index is 11.8. The van der Waals surface area contributed by atoms with Crippen molar-refractivity contribution in [3.8, 4) is 0 Å². The minimum Gasteiger partial charge on any atom is -0.351 e. The zero-order chi connectivity index (χ0) is 13.2. The second-order valence-electron chi connectivity index (χ2n) is 5.64. The van der Waals surface area contributed by atoms with Crippen molar-refractivity contribution in [2.24, 2.45) is 5.41 Å². The van der Waals surface area contributed by atoms with E-state index in [4.69, 9.17) is 4.52 Å².